The zero-order chi connectivity index (χ0) is 19.7. The number of nitrogens with one attached hydrogen (secondary N) is 1. The van der Waals surface area contributed by atoms with Crippen molar-refractivity contribution in [1.29, 1.82) is 0 Å². The molecule has 1 aliphatic heterocycles. The molecule has 0 saturated heterocycles. The summed E-state index contributed by atoms with van der Waals surface area (Å²) in [5.41, 5.74) is 2.77. The highest BCUT2D eigenvalue weighted by Crippen LogP contribution is 2.44. The maximum Gasteiger partial charge on any atom is 0.232 e. The van der Waals surface area contributed by atoms with Gasteiger partial charge in [-0.15, -0.1) is 0 Å². The van der Waals surface area contributed by atoms with Crippen LogP contribution in [0.3, 0.4) is 0 Å². The van der Waals surface area contributed by atoms with Gasteiger partial charge in [0.2, 0.25) is 15.9 Å². The third-order valence-electron chi connectivity index (χ3n) is 5.76. The maximum atomic E-state index is 12.9. The van der Waals surface area contributed by atoms with Gasteiger partial charge in [-0.3, -0.25) is 9.10 Å². The quantitative estimate of drug-likeness (QED) is 0.809. The van der Waals surface area contributed by atoms with Crippen LogP contribution in [-0.4, -0.2) is 27.1 Å². The molecule has 0 spiro atoms. The van der Waals surface area contributed by atoms with Crippen LogP contribution in [0.1, 0.15) is 48.8 Å². The summed E-state index contributed by atoms with van der Waals surface area (Å²) in [4.78, 5) is 12.9. The van der Waals surface area contributed by atoms with E-state index in [0.29, 0.717) is 31.0 Å². The predicted octanol–water partition coefficient (Wildman–Crippen LogP) is 3.60. The van der Waals surface area contributed by atoms with Crippen LogP contribution in [-0.2, 0) is 14.8 Å². The van der Waals surface area contributed by atoms with Crippen molar-refractivity contribution in [2.45, 2.75) is 37.6 Å². The monoisotopic (exact) mass is 398 g/mol. The fourth-order valence-corrected chi connectivity index (χ4v) is 5.20. The minimum atomic E-state index is -3.33. The van der Waals surface area contributed by atoms with Crippen LogP contribution in [0, 0.1) is 5.92 Å². The number of rotatable bonds is 6. The molecule has 0 bridgehead atoms. The van der Waals surface area contributed by atoms with Crippen molar-refractivity contribution in [2.24, 2.45) is 5.92 Å². The Kier molecular flexibility index (Phi) is 5.15. The molecule has 2 atom stereocenters. The van der Waals surface area contributed by atoms with Crippen LogP contribution in [0.4, 0.5) is 5.69 Å². The summed E-state index contributed by atoms with van der Waals surface area (Å²) in [7, 11) is -3.33. The van der Waals surface area contributed by atoms with Gasteiger partial charge in [0.25, 0.3) is 0 Å². The lowest BCUT2D eigenvalue weighted by molar-refractivity contribution is -0.122. The molecular weight excluding hydrogens is 372 g/mol. The highest BCUT2D eigenvalue weighted by molar-refractivity contribution is 7.92. The van der Waals surface area contributed by atoms with Crippen LogP contribution in [0.2, 0.25) is 0 Å². The van der Waals surface area contributed by atoms with Gasteiger partial charge in [0.15, 0.2) is 0 Å². The number of amides is 1. The molecule has 2 aromatic rings. The molecular formula is C22H26N2O3S. The molecule has 148 valence electrons. The second-order valence-electron chi connectivity index (χ2n) is 7.86. The molecule has 1 heterocycles. The summed E-state index contributed by atoms with van der Waals surface area (Å²) in [6, 6.07) is 17.6. The van der Waals surface area contributed by atoms with Crippen LogP contribution in [0.15, 0.2) is 54.6 Å². The van der Waals surface area contributed by atoms with E-state index in [9.17, 15) is 13.2 Å². The zero-order valence-electron chi connectivity index (χ0n) is 16.0. The molecule has 1 N–H and O–H groups in total. The molecule has 28 heavy (non-hydrogen) atoms. The fraction of sp³-hybridized carbons (Fsp3) is 0.409. The highest BCUT2D eigenvalue weighted by Gasteiger charge is 2.35. The van der Waals surface area contributed by atoms with Crippen molar-refractivity contribution in [1.82, 2.24) is 5.32 Å². The number of carbonyl (C=O) groups excluding carboxylic acids is 1. The third kappa shape index (κ3) is 4.07. The highest BCUT2D eigenvalue weighted by atomic mass is 32.2. The topological polar surface area (TPSA) is 66.5 Å². The average Bonchev–Trinajstić information content (AvgIpc) is 3.51. The molecule has 2 aromatic carbocycles. The number of fused-ring (bicyclic) bond motifs is 1. The van der Waals surface area contributed by atoms with Crippen molar-refractivity contribution >= 4 is 21.6 Å². The van der Waals surface area contributed by atoms with Gasteiger partial charge >= 0.3 is 0 Å². The molecule has 1 saturated carbocycles. The van der Waals surface area contributed by atoms with Crippen molar-refractivity contribution in [3.8, 4) is 0 Å². The molecule has 6 heteroatoms. The molecule has 2 aliphatic rings. The number of carbonyl (C=O) groups is 1. The van der Waals surface area contributed by atoms with E-state index in [1.54, 1.807) is 0 Å². The van der Waals surface area contributed by atoms with Crippen LogP contribution in [0.25, 0.3) is 0 Å². The van der Waals surface area contributed by atoms with Crippen molar-refractivity contribution < 1.29 is 13.2 Å². The van der Waals surface area contributed by atoms with Gasteiger partial charge in [-0.1, -0.05) is 48.5 Å². The molecule has 4 rings (SSSR count). The van der Waals surface area contributed by atoms with E-state index in [1.165, 1.54) is 29.0 Å². The van der Waals surface area contributed by atoms with E-state index in [2.05, 4.69) is 17.4 Å². The Hall–Kier alpha value is -2.34. The first-order chi connectivity index (χ1) is 13.4. The van der Waals surface area contributed by atoms with E-state index >= 15 is 0 Å². The number of hydrogen-bond acceptors (Lipinski definition) is 3. The summed E-state index contributed by atoms with van der Waals surface area (Å²) >= 11 is 0. The molecule has 1 amide bonds. The average molecular weight is 399 g/mol. The lowest BCUT2D eigenvalue weighted by atomic mass is 9.90. The summed E-state index contributed by atoms with van der Waals surface area (Å²) in [5.74, 6) is 0.883. The Balaban J connectivity index is 1.50. The first kappa shape index (κ1) is 19.0. The van der Waals surface area contributed by atoms with Gasteiger partial charge in [0.1, 0.15) is 0 Å². The molecule has 1 fully saturated rings. The lowest BCUT2D eigenvalue weighted by Crippen LogP contribution is -2.40. The fourth-order valence-electron chi connectivity index (χ4n) is 4.23. The first-order valence-electron chi connectivity index (χ1n) is 9.84. The SMILES string of the molecule is CS(=O)(=O)N1CCC(NC(=O)CC(c2ccccc2)C2CC2)c2ccccc21. The van der Waals surface area contributed by atoms with Crippen LogP contribution >= 0.6 is 0 Å². The Bertz CT molecular complexity index is 955. The summed E-state index contributed by atoms with van der Waals surface area (Å²) in [5, 5.41) is 3.17. The van der Waals surface area contributed by atoms with E-state index in [0.717, 1.165) is 5.56 Å². The van der Waals surface area contributed by atoms with Crippen LogP contribution < -0.4 is 9.62 Å². The van der Waals surface area contributed by atoms with Crippen LogP contribution in [0.5, 0.6) is 0 Å². The smallest absolute Gasteiger partial charge is 0.232 e. The standard InChI is InChI=1S/C22H26N2O3S/c1-28(26,27)24-14-13-20(18-9-5-6-10-21(18)24)23-22(25)15-19(17-11-12-17)16-7-3-2-4-8-16/h2-10,17,19-20H,11-15H2,1H3,(H,23,25). The third-order valence-corrected chi connectivity index (χ3v) is 6.94. The Morgan fingerprint density at radius 3 is 2.43 bits per heavy atom. The van der Waals surface area contributed by atoms with Crippen molar-refractivity contribution in [2.75, 3.05) is 17.1 Å². The molecule has 5 nitrogen and oxygen atoms in total. The van der Waals surface area contributed by atoms with Gasteiger partial charge < -0.3 is 5.32 Å². The number of anilines is 1. The van der Waals surface area contributed by atoms with E-state index in [1.807, 2.05) is 42.5 Å². The normalized spacial score (nSPS) is 20.3. The predicted molar refractivity (Wildman–Crippen MR) is 111 cm³/mol. The van der Waals surface area contributed by atoms with Gasteiger partial charge in [0, 0.05) is 13.0 Å². The summed E-state index contributed by atoms with van der Waals surface area (Å²) < 4.78 is 25.6. The maximum absolute atomic E-state index is 12.9. The van der Waals surface area contributed by atoms with Gasteiger partial charge in [-0.05, 0) is 48.3 Å². The number of nitrogens with zero attached hydrogens (tertiary/aromatic N) is 1. The van der Waals surface area contributed by atoms with Gasteiger partial charge in [-0.25, -0.2) is 8.42 Å². The molecule has 0 radical (unpaired) electrons. The van der Waals surface area contributed by atoms with Crippen molar-refractivity contribution in [3.63, 3.8) is 0 Å². The first-order valence-corrected chi connectivity index (χ1v) is 11.7. The lowest BCUT2D eigenvalue weighted by Gasteiger charge is -2.34. The second-order valence-corrected chi connectivity index (χ2v) is 9.77. The zero-order valence-corrected chi connectivity index (χ0v) is 16.9. The van der Waals surface area contributed by atoms with Crippen molar-refractivity contribution in [3.05, 3.63) is 65.7 Å². The minimum absolute atomic E-state index is 0.0355. The largest absolute Gasteiger partial charge is 0.349 e. The van der Waals surface area contributed by atoms with Gasteiger partial charge in [-0.2, -0.15) is 0 Å². The number of sulfonamides is 1. The summed E-state index contributed by atoms with van der Waals surface area (Å²) in [6.07, 6.45) is 4.64. The Morgan fingerprint density at radius 2 is 1.75 bits per heavy atom. The number of para-hydroxylation sites is 1. The van der Waals surface area contributed by atoms with E-state index in [4.69, 9.17) is 0 Å². The van der Waals surface area contributed by atoms with E-state index < -0.39 is 10.0 Å². The number of hydrogen-bond donors (Lipinski definition) is 1. The molecule has 0 aromatic heterocycles. The second kappa shape index (κ2) is 7.59. The Morgan fingerprint density at radius 1 is 1.07 bits per heavy atom. The minimum Gasteiger partial charge on any atom is -0.349 e. The molecule has 2 unspecified atom stereocenters. The van der Waals surface area contributed by atoms with E-state index in [-0.39, 0.29) is 17.9 Å². The Labute approximate surface area is 166 Å². The summed E-state index contributed by atoms with van der Waals surface area (Å²) in [6.45, 7) is 0.380. The van der Waals surface area contributed by atoms with Gasteiger partial charge in [0.05, 0.1) is 18.0 Å². The number of benzene rings is 2. The molecule has 1 aliphatic carbocycles.